The zero-order valence-electron chi connectivity index (χ0n) is 9.13. The van der Waals surface area contributed by atoms with E-state index < -0.39 is 10.2 Å². The van der Waals surface area contributed by atoms with Gasteiger partial charge in [-0.1, -0.05) is 0 Å². The molecule has 5 nitrogen and oxygen atoms in total. The molecule has 2 rings (SSSR count). The second-order valence-corrected chi connectivity index (χ2v) is 5.53. The third kappa shape index (κ3) is 2.23. The zero-order valence-corrected chi connectivity index (χ0v) is 9.94. The first-order chi connectivity index (χ1) is 7.61. The van der Waals surface area contributed by atoms with E-state index in [0.29, 0.717) is 13.1 Å². The maximum atomic E-state index is 11.8. The van der Waals surface area contributed by atoms with Crippen molar-refractivity contribution in [3.05, 3.63) is 30.1 Å². The van der Waals surface area contributed by atoms with Crippen molar-refractivity contribution in [3.8, 4) is 0 Å². The summed E-state index contributed by atoms with van der Waals surface area (Å²) in [7, 11) is -3.31. The number of pyridine rings is 1. The first-order valence-electron chi connectivity index (χ1n) is 5.27. The second kappa shape index (κ2) is 4.48. The van der Waals surface area contributed by atoms with Crippen molar-refractivity contribution >= 4 is 10.2 Å². The lowest BCUT2D eigenvalue weighted by molar-refractivity contribution is 0.315. The molecule has 0 spiro atoms. The van der Waals surface area contributed by atoms with Gasteiger partial charge in [-0.25, -0.2) is 4.72 Å². The average molecular weight is 241 g/mol. The van der Waals surface area contributed by atoms with Crippen molar-refractivity contribution in [3.63, 3.8) is 0 Å². The molecule has 1 aliphatic heterocycles. The smallest absolute Gasteiger partial charge is 0.265 e. The Morgan fingerprint density at radius 1 is 1.44 bits per heavy atom. The van der Waals surface area contributed by atoms with E-state index in [1.807, 2.05) is 19.1 Å². The highest BCUT2D eigenvalue weighted by Gasteiger charge is 2.30. The maximum Gasteiger partial charge on any atom is 0.279 e. The molecule has 1 aliphatic rings. The summed E-state index contributed by atoms with van der Waals surface area (Å²) in [5, 5.41) is 0. The molecule has 1 saturated heterocycles. The van der Waals surface area contributed by atoms with Crippen LogP contribution in [-0.4, -0.2) is 30.8 Å². The van der Waals surface area contributed by atoms with Gasteiger partial charge in [-0.3, -0.25) is 4.98 Å². The van der Waals surface area contributed by atoms with Crippen LogP contribution in [0.5, 0.6) is 0 Å². The maximum absolute atomic E-state index is 11.8. The molecule has 1 aromatic rings. The van der Waals surface area contributed by atoms with Gasteiger partial charge < -0.3 is 0 Å². The third-order valence-corrected chi connectivity index (χ3v) is 4.45. The Morgan fingerprint density at radius 3 is 2.75 bits per heavy atom. The van der Waals surface area contributed by atoms with Crippen LogP contribution < -0.4 is 4.72 Å². The van der Waals surface area contributed by atoms with Gasteiger partial charge in [-0.2, -0.15) is 12.7 Å². The summed E-state index contributed by atoms with van der Waals surface area (Å²) < 4.78 is 27.6. The van der Waals surface area contributed by atoms with Gasteiger partial charge in [0, 0.05) is 31.5 Å². The van der Waals surface area contributed by atoms with Gasteiger partial charge in [0.25, 0.3) is 10.2 Å². The minimum Gasteiger partial charge on any atom is -0.265 e. The normalized spacial score (nSPS) is 22.8. The molecule has 0 bridgehead atoms. The van der Waals surface area contributed by atoms with E-state index in [-0.39, 0.29) is 6.04 Å². The Balaban J connectivity index is 2.24. The Hall–Kier alpha value is -0.980. The number of rotatable bonds is 2. The highest BCUT2D eigenvalue weighted by atomic mass is 32.2. The standard InChI is InChI=1S/C10H15N3O2S/c1-9(10-3-6-11-7-4-10)13-8-2-5-12-16(13,14)15/h3-4,6-7,9,12H,2,5,8H2,1H3. The Labute approximate surface area is 95.7 Å². The summed E-state index contributed by atoms with van der Waals surface area (Å²) >= 11 is 0. The lowest BCUT2D eigenvalue weighted by atomic mass is 10.1. The van der Waals surface area contributed by atoms with Gasteiger partial charge >= 0.3 is 0 Å². The van der Waals surface area contributed by atoms with E-state index >= 15 is 0 Å². The Bertz CT molecular complexity index is 446. The fourth-order valence-corrected chi connectivity index (χ4v) is 3.32. The van der Waals surface area contributed by atoms with Gasteiger partial charge in [0.2, 0.25) is 0 Å². The number of nitrogens with one attached hydrogen (secondary N) is 1. The molecule has 16 heavy (non-hydrogen) atoms. The SMILES string of the molecule is CC(c1ccncc1)N1CCCNS1(=O)=O. The van der Waals surface area contributed by atoms with E-state index in [0.717, 1.165) is 12.0 Å². The quantitative estimate of drug-likeness (QED) is 0.828. The van der Waals surface area contributed by atoms with Crippen molar-refractivity contribution in [2.45, 2.75) is 19.4 Å². The van der Waals surface area contributed by atoms with E-state index in [1.54, 1.807) is 12.4 Å². The fraction of sp³-hybridized carbons (Fsp3) is 0.500. The summed E-state index contributed by atoms with van der Waals surface area (Å²) in [5.41, 5.74) is 0.960. The molecule has 0 aliphatic carbocycles. The van der Waals surface area contributed by atoms with Crippen molar-refractivity contribution in [2.24, 2.45) is 0 Å². The highest BCUT2D eigenvalue weighted by molar-refractivity contribution is 7.87. The minimum absolute atomic E-state index is 0.152. The fourth-order valence-electron chi connectivity index (χ4n) is 1.85. The second-order valence-electron chi connectivity index (χ2n) is 3.82. The molecule has 0 radical (unpaired) electrons. The zero-order chi connectivity index (χ0) is 11.6. The minimum atomic E-state index is -3.31. The highest BCUT2D eigenvalue weighted by Crippen LogP contribution is 2.23. The van der Waals surface area contributed by atoms with Gasteiger partial charge in [-0.05, 0) is 31.0 Å². The molecule has 2 heterocycles. The molecule has 1 N–H and O–H groups in total. The van der Waals surface area contributed by atoms with Crippen LogP contribution in [0.1, 0.15) is 24.9 Å². The van der Waals surface area contributed by atoms with Crippen LogP contribution >= 0.6 is 0 Å². The topological polar surface area (TPSA) is 62.3 Å². The largest absolute Gasteiger partial charge is 0.279 e. The van der Waals surface area contributed by atoms with Crippen LogP contribution in [0.3, 0.4) is 0 Å². The first-order valence-corrected chi connectivity index (χ1v) is 6.71. The molecule has 1 fully saturated rings. The first kappa shape index (κ1) is 11.5. The summed E-state index contributed by atoms with van der Waals surface area (Å²) in [6.45, 7) is 2.99. The van der Waals surface area contributed by atoms with Crippen LogP contribution in [0.15, 0.2) is 24.5 Å². The van der Waals surface area contributed by atoms with Crippen LogP contribution in [0.4, 0.5) is 0 Å². The number of hydrogen-bond acceptors (Lipinski definition) is 3. The van der Waals surface area contributed by atoms with Crippen molar-refractivity contribution in [1.82, 2.24) is 14.0 Å². The van der Waals surface area contributed by atoms with Crippen molar-refractivity contribution in [2.75, 3.05) is 13.1 Å². The molecule has 6 heteroatoms. The predicted octanol–water partition coefficient (Wildman–Crippen LogP) is 0.683. The third-order valence-electron chi connectivity index (χ3n) is 2.77. The number of nitrogens with zero attached hydrogens (tertiary/aromatic N) is 2. The van der Waals surface area contributed by atoms with Gasteiger partial charge in [-0.15, -0.1) is 0 Å². The van der Waals surface area contributed by atoms with Crippen LogP contribution in [0.25, 0.3) is 0 Å². The van der Waals surface area contributed by atoms with E-state index in [2.05, 4.69) is 9.71 Å². The van der Waals surface area contributed by atoms with Crippen molar-refractivity contribution in [1.29, 1.82) is 0 Å². The van der Waals surface area contributed by atoms with Crippen LogP contribution in [-0.2, 0) is 10.2 Å². The molecular weight excluding hydrogens is 226 g/mol. The summed E-state index contributed by atoms with van der Waals surface area (Å²) in [6.07, 6.45) is 4.19. The van der Waals surface area contributed by atoms with Gasteiger partial charge in [0.05, 0.1) is 0 Å². The molecule has 0 aromatic carbocycles. The molecule has 88 valence electrons. The van der Waals surface area contributed by atoms with Gasteiger partial charge in [0.1, 0.15) is 0 Å². The Kier molecular flexibility index (Phi) is 3.22. The summed E-state index contributed by atoms with van der Waals surface area (Å²) in [4.78, 5) is 3.93. The van der Waals surface area contributed by atoms with Crippen LogP contribution in [0, 0.1) is 0 Å². The number of aromatic nitrogens is 1. The lowest BCUT2D eigenvalue weighted by Gasteiger charge is -2.31. The molecular formula is C10H15N3O2S. The lowest BCUT2D eigenvalue weighted by Crippen LogP contribution is -2.47. The van der Waals surface area contributed by atoms with Crippen molar-refractivity contribution < 1.29 is 8.42 Å². The van der Waals surface area contributed by atoms with E-state index in [1.165, 1.54) is 4.31 Å². The predicted molar refractivity (Wildman–Crippen MR) is 60.9 cm³/mol. The van der Waals surface area contributed by atoms with E-state index in [9.17, 15) is 8.42 Å². The monoisotopic (exact) mass is 241 g/mol. The molecule has 1 atom stereocenters. The van der Waals surface area contributed by atoms with Crippen LogP contribution in [0.2, 0.25) is 0 Å². The summed E-state index contributed by atoms with van der Waals surface area (Å²) in [6, 6.07) is 3.53. The molecule has 0 amide bonds. The summed E-state index contributed by atoms with van der Waals surface area (Å²) in [5.74, 6) is 0. The van der Waals surface area contributed by atoms with Gasteiger partial charge in [0.15, 0.2) is 0 Å². The van der Waals surface area contributed by atoms with E-state index in [4.69, 9.17) is 0 Å². The Morgan fingerprint density at radius 2 is 2.12 bits per heavy atom. The molecule has 0 saturated carbocycles. The molecule has 1 unspecified atom stereocenters. The average Bonchev–Trinajstić information content (AvgIpc) is 2.29. The number of hydrogen-bond donors (Lipinski definition) is 1. The molecule has 1 aromatic heterocycles.